The standard InChI is InChI=1S/C13H18N4O2S/c1-10-6-13(3-2-11(10)7-14)20(18,19)17-5-4-12-8-15-9-16-12/h2-3,6,8-9,17H,4-5,7,14H2,1H3,(H,15,16). The Kier molecular flexibility index (Phi) is 4.53. The minimum Gasteiger partial charge on any atom is -0.348 e. The number of nitrogens with zero attached hydrogens (tertiary/aromatic N) is 1. The summed E-state index contributed by atoms with van der Waals surface area (Å²) in [5, 5.41) is 0. The van der Waals surface area contributed by atoms with Gasteiger partial charge in [-0.05, 0) is 30.2 Å². The van der Waals surface area contributed by atoms with Crippen molar-refractivity contribution in [2.24, 2.45) is 5.73 Å². The van der Waals surface area contributed by atoms with Crippen molar-refractivity contribution in [3.63, 3.8) is 0 Å². The average molecular weight is 294 g/mol. The van der Waals surface area contributed by atoms with E-state index in [2.05, 4.69) is 14.7 Å². The van der Waals surface area contributed by atoms with Crippen LogP contribution in [-0.2, 0) is 23.0 Å². The maximum absolute atomic E-state index is 12.1. The normalized spacial score (nSPS) is 11.7. The van der Waals surface area contributed by atoms with E-state index in [0.717, 1.165) is 16.8 Å². The molecule has 0 aliphatic heterocycles. The number of hydrogen-bond donors (Lipinski definition) is 3. The van der Waals surface area contributed by atoms with E-state index in [9.17, 15) is 8.42 Å². The molecule has 2 aromatic rings. The lowest BCUT2D eigenvalue weighted by Gasteiger charge is -2.09. The summed E-state index contributed by atoms with van der Waals surface area (Å²) in [6, 6.07) is 4.97. The highest BCUT2D eigenvalue weighted by Gasteiger charge is 2.14. The molecular weight excluding hydrogens is 276 g/mol. The molecular formula is C13H18N4O2S. The van der Waals surface area contributed by atoms with Gasteiger partial charge in [-0.15, -0.1) is 0 Å². The van der Waals surface area contributed by atoms with Gasteiger partial charge in [-0.3, -0.25) is 0 Å². The summed E-state index contributed by atoms with van der Waals surface area (Å²) in [7, 11) is -3.49. The van der Waals surface area contributed by atoms with Crippen molar-refractivity contribution in [1.29, 1.82) is 0 Å². The molecule has 0 radical (unpaired) electrons. The summed E-state index contributed by atoms with van der Waals surface area (Å²) in [4.78, 5) is 7.07. The number of H-pyrrole nitrogens is 1. The lowest BCUT2D eigenvalue weighted by atomic mass is 10.1. The molecule has 0 saturated carbocycles. The lowest BCUT2D eigenvalue weighted by Crippen LogP contribution is -2.26. The van der Waals surface area contributed by atoms with Gasteiger partial charge in [0.1, 0.15) is 0 Å². The lowest BCUT2D eigenvalue weighted by molar-refractivity contribution is 0.581. The zero-order valence-corrected chi connectivity index (χ0v) is 12.1. The number of rotatable bonds is 6. The number of nitrogens with two attached hydrogens (primary N) is 1. The first-order chi connectivity index (χ1) is 9.53. The molecule has 0 amide bonds. The second-order valence-electron chi connectivity index (χ2n) is 4.52. The SMILES string of the molecule is Cc1cc(S(=O)(=O)NCCc2cnc[nH]2)ccc1CN. The van der Waals surface area contributed by atoms with Crippen LogP contribution in [0.2, 0.25) is 0 Å². The fourth-order valence-corrected chi connectivity index (χ4v) is 3.01. The summed E-state index contributed by atoms with van der Waals surface area (Å²) < 4.78 is 26.9. The molecule has 0 atom stereocenters. The van der Waals surface area contributed by atoms with E-state index in [1.54, 1.807) is 30.7 Å². The monoisotopic (exact) mass is 294 g/mol. The van der Waals surface area contributed by atoms with Gasteiger partial charge < -0.3 is 10.7 Å². The van der Waals surface area contributed by atoms with Crippen LogP contribution in [0.5, 0.6) is 0 Å². The molecule has 2 rings (SSSR count). The van der Waals surface area contributed by atoms with Gasteiger partial charge in [-0.25, -0.2) is 18.1 Å². The van der Waals surface area contributed by atoms with Gasteiger partial charge in [0.05, 0.1) is 11.2 Å². The molecule has 20 heavy (non-hydrogen) atoms. The third-order valence-electron chi connectivity index (χ3n) is 3.09. The van der Waals surface area contributed by atoms with E-state index in [-0.39, 0.29) is 4.90 Å². The minimum absolute atomic E-state index is 0.261. The molecule has 4 N–H and O–H groups in total. The topological polar surface area (TPSA) is 101 Å². The van der Waals surface area contributed by atoms with E-state index in [1.807, 2.05) is 6.92 Å². The fourth-order valence-electron chi connectivity index (χ4n) is 1.89. The largest absolute Gasteiger partial charge is 0.348 e. The second kappa shape index (κ2) is 6.17. The number of aromatic amines is 1. The summed E-state index contributed by atoms with van der Waals surface area (Å²) >= 11 is 0. The van der Waals surface area contributed by atoms with Crippen LogP contribution in [0.3, 0.4) is 0 Å². The van der Waals surface area contributed by atoms with Crippen LogP contribution in [0.1, 0.15) is 16.8 Å². The highest BCUT2D eigenvalue weighted by Crippen LogP contribution is 2.15. The molecule has 0 aliphatic carbocycles. The Morgan fingerprint density at radius 3 is 2.80 bits per heavy atom. The Balaban J connectivity index is 2.04. The summed E-state index contributed by atoms with van der Waals surface area (Å²) in [5.74, 6) is 0. The fraction of sp³-hybridized carbons (Fsp3) is 0.308. The molecule has 0 saturated heterocycles. The highest BCUT2D eigenvalue weighted by molar-refractivity contribution is 7.89. The summed E-state index contributed by atoms with van der Waals surface area (Å²) in [6.45, 7) is 2.58. The van der Waals surface area contributed by atoms with Crippen molar-refractivity contribution in [1.82, 2.24) is 14.7 Å². The van der Waals surface area contributed by atoms with Gasteiger partial charge in [-0.1, -0.05) is 6.07 Å². The second-order valence-corrected chi connectivity index (χ2v) is 6.28. The highest BCUT2D eigenvalue weighted by atomic mass is 32.2. The molecule has 1 aromatic carbocycles. The first kappa shape index (κ1) is 14.7. The van der Waals surface area contributed by atoms with Crippen molar-refractivity contribution in [2.75, 3.05) is 6.54 Å². The maximum Gasteiger partial charge on any atom is 0.240 e. The predicted octanol–water partition coefficient (Wildman–Crippen LogP) is 0.698. The molecule has 1 aromatic heterocycles. The molecule has 1 heterocycles. The maximum atomic E-state index is 12.1. The number of aromatic nitrogens is 2. The summed E-state index contributed by atoms with van der Waals surface area (Å²) in [6.07, 6.45) is 3.81. The van der Waals surface area contributed by atoms with E-state index in [4.69, 9.17) is 5.73 Å². The smallest absolute Gasteiger partial charge is 0.240 e. The van der Waals surface area contributed by atoms with Gasteiger partial charge in [0, 0.05) is 31.4 Å². The number of nitrogens with one attached hydrogen (secondary N) is 2. The van der Waals surface area contributed by atoms with Crippen LogP contribution < -0.4 is 10.5 Å². The Labute approximate surface area is 118 Å². The molecule has 0 fully saturated rings. The molecule has 0 unspecified atom stereocenters. The third kappa shape index (κ3) is 3.44. The number of benzene rings is 1. The molecule has 7 heteroatoms. The summed E-state index contributed by atoms with van der Waals surface area (Å²) in [5.41, 5.74) is 8.29. The van der Waals surface area contributed by atoms with E-state index < -0.39 is 10.0 Å². The van der Waals surface area contributed by atoms with Crippen molar-refractivity contribution in [3.8, 4) is 0 Å². The van der Waals surface area contributed by atoms with Gasteiger partial charge in [0.2, 0.25) is 10.0 Å². The Morgan fingerprint density at radius 1 is 1.40 bits per heavy atom. The van der Waals surface area contributed by atoms with E-state index in [1.165, 1.54) is 0 Å². The number of sulfonamides is 1. The molecule has 0 aliphatic rings. The van der Waals surface area contributed by atoms with E-state index in [0.29, 0.717) is 19.5 Å². The van der Waals surface area contributed by atoms with Gasteiger partial charge >= 0.3 is 0 Å². The zero-order chi connectivity index (χ0) is 14.6. The van der Waals surface area contributed by atoms with Crippen molar-refractivity contribution < 1.29 is 8.42 Å². The molecule has 0 bridgehead atoms. The zero-order valence-electron chi connectivity index (χ0n) is 11.3. The van der Waals surface area contributed by atoms with Crippen LogP contribution in [0.15, 0.2) is 35.6 Å². The van der Waals surface area contributed by atoms with Crippen molar-refractivity contribution in [3.05, 3.63) is 47.5 Å². The van der Waals surface area contributed by atoms with Crippen molar-refractivity contribution in [2.45, 2.75) is 24.8 Å². The first-order valence-electron chi connectivity index (χ1n) is 6.29. The van der Waals surface area contributed by atoms with Crippen LogP contribution in [0.4, 0.5) is 0 Å². The number of aryl methyl sites for hydroxylation is 1. The minimum atomic E-state index is -3.49. The van der Waals surface area contributed by atoms with Crippen LogP contribution in [-0.4, -0.2) is 24.9 Å². The van der Waals surface area contributed by atoms with Crippen LogP contribution in [0.25, 0.3) is 0 Å². The first-order valence-corrected chi connectivity index (χ1v) is 7.78. The average Bonchev–Trinajstić information content (AvgIpc) is 2.91. The number of imidazole rings is 1. The van der Waals surface area contributed by atoms with Gasteiger partial charge in [-0.2, -0.15) is 0 Å². The van der Waals surface area contributed by atoms with Gasteiger partial charge in [0.25, 0.3) is 0 Å². The van der Waals surface area contributed by atoms with Crippen LogP contribution >= 0.6 is 0 Å². The molecule has 108 valence electrons. The Morgan fingerprint density at radius 2 is 2.20 bits per heavy atom. The molecule has 6 nitrogen and oxygen atoms in total. The van der Waals surface area contributed by atoms with Crippen molar-refractivity contribution >= 4 is 10.0 Å². The third-order valence-corrected chi connectivity index (χ3v) is 4.54. The number of hydrogen-bond acceptors (Lipinski definition) is 4. The molecule has 0 spiro atoms. The van der Waals surface area contributed by atoms with Gasteiger partial charge in [0.15, 0.2) is 0 Å². The Hall–Kier alpha value is -1.70. The van der Waals surface area contributed by atoms with E-state index >= 15 is 0 Å². The quantitative estimate of drug-likeness (QED) is 0.730. The van der Waals surface area contributed by atoms with Crippen LogP contribution in [0, 0.1) is 6.92 Å². The predicted molar refractivity (Wildman–Crippen MR) is 76.6 cm³/mol. The Bertz CT molecular complexity index is 666.